The minimum absolute atomic E-state index is 0.313. The van der Waals surface area contributed by atoms with Crippen molar-refractivity contribution >= 4 is 9.73 Å². The molecule has 2 fully saturated rings. The van der Waals surface area contributed by atoms with Crippen LogP contribution in [0.2, 0.25) is 0 Å². The third-order valence-corrected chi connectivity index (χ3v) is 5.88. The predicted octanol–water partition coefficient (Wildman–Crippen LogP) is 1.00. The molecular weight excluding hydrogens is 224 g/mol. The molecule has 94 valence electrons. The standard InChI is InChI=1S/C11H22N2O2S/c12-9-10-1-3-11(4-2-10)13-16(14)7-5-15-6-8-16/h10-11H,1-9,12H2. The molecule has 2 N–H and O–H groups in total. The summed E-state index contributed by atoms with van der Waals surface area (Å²) >= 11 is 0. The van der Waals surface area contributed by atoms with Gasteiger partial charge in [-0.2, -0.15) is 0 Å². The zero-order chi connectivity index (χ0) is 11.4. The summed E-state index contributed by atoms with van der Waals surface area (Å²) in [4.78, 5) is 0. The fourth-order valence-corrected chi connectivity index (χ4v) is 4.37. The molecule has 16 heavy (non-hydrogen) atoms. The Morgan fingerprint density at radius 3 is 2.38 bits per heavy atom. The first-order chi connectivity index (χ1) is 7.72. The first-order valence-electron chi connectivity index (χ1n) is 6.21. The van der Waals surface area contributed by atoms with Crippen LogP contribution < -0.4 is 5.73 Å². The van der Waals surface area contributed by atoms with E-state index in [9.17, 15) is 4.21 Å². The largest absolute Gasteiger partial charge is 0.379 e. The maximum absolute atomic E-state index is 12.4. The second-order valence-electron chi connectivity index (χ2n) is 4.81. The van der Waals surface area contributed by atoms with Crippen molar-refractivity contribution in [2.45, 2.75) is 31.7 Å². The molecule has 0 bridgehead atoms. The van der Waals surface area contributed by atoms with Gasteiger partial charge in [0.1, 0.15) is 0 Å². The lowest BCUT2D eigenvalue weighted by atomic mass is 9.87. The van der Waals surface area contributed by atoms with Crippen molar-refractivity contribution < 1.29 is 8.95 Å². The fraction of sp³-hybridized carbons (Fsp3) is 1.00. The van der Waals surface area contributed by atoms with Gasteiger partial charge in [-0.15, -0.1) is 0 Å². The average molecular weight is 246 g/mol. The maximum atomic E-state index is 12.4. The van der Waals surface area contributed by atoms with Crippen LogP contribution in [0.3, 0.4) is 0 Å². The number of nitrogens with two attached hydrogens (primary N) is 1. The summed E-state index contributed by atoms with van der Waals surface area (Å²) in [6.45, 7) is 2.01. The second-order valence-corrected chi connectivity index (χ2v) is 7.38. The number of rotatable bonds is 2. The van der Waals surface area contributed by atoms with Crippen LogP contribution in [0, 0.1) is 5.92 Å². The minimum atomic E-state index is -1.95. The van der Waals surface area contributed by atoms with Crippen LogP contribution in [0.4, 0.5) is 0 Å². The summed E-state index contributed by atoms with van der Waals surface area (Å²) < 4.78 is 22.2. The van der Waals surface area contributed by atoms with Gasteiger partial charge >= 0.3 is 0 Å². The van der Waals surface area contributed by atoms with E-state index in [0.29, 0.717) is 36.7 Å². The van der Waals surface area contributed by atoms with Gasteiger partial charge in [0.15, 0.2) is 0 Å². The molecule has 0 aromatic rings. The van der Waals surface area contributed by atoms with Crippen molar-refractivity contribution in [1.82, 2.24) is 0 Å². The topological polar surface area (TPSA) is 64.7 Å². The molecule has 1 aliphatic carbocycles. The Hall–Kier alpha value is -0.130. The predicted molar refractivity (Wildman–Crippen MR) is 65.9 cm³/mol. The van der Waals surface area contributed by atoms with Crippen molar-refractivity contribution in [1.29, 1.82) is 0 Å². The van der Waals surface area contributed by atoms with E-state index >= 15 is 0 Å². The minimum Gasteiger partial charge on any atom is -0.379 e. The highest BCUT2D eigenvalue weighted by Gasteiger charge is 2.22. The summed E-state index contributed by atoms with van der Waals surface area (Å²) in [5.41, 5.74) is 5.66. The van der Waals surface area contributed by atoms with Gasteiger partial charge < -0.3 is 10.5 Å². The number of hydrogen-bond donors (Lipinski definition) is 1. The highest BCUT2D eigenvalue weighted by Crippen LogP contribution is 2.26. The van der Waals surface area contributed by atoms with Gasteiger partial charge in [-0.3, -0.25) is 0 Å². The zero-order valence-electron chi connectivity index (χ0n) is 9.77. The lowest BCUT2D eigenvalue weighted by Crippen LogP contribution is -2.29. The Balaban J connectivity index is 1.94. The molecule has 0 unspecified atom stereocenters. The molecule has 0 atom stereocenters. The van der Waals surface area contributed by atoms with E-state index in [1.165, 1.54) is 0 Å². The van der Waals surface area contributed by atoms with E-state index in [4.69, 9.17) is 10.5 Å². The van der Waals surface area contributed by atoms with Crippen molar-refractivity contribution in [2.75, 3.05) is 31.3 Å². The molecule has 5 heteroatoms. The van der Waals surface area contributed by atoms with Crippen LogP contribution in [0.15, 0.2) is 4.36 Å². The van der Waals surface area contributed by atoms with E-state index in [1.54, 1.807) is 0 Å². The Morgan fingerprint density at radius 2 is 1.81 bits per heavy atom. The Bertz CT molecular complexity index is 317. The van der Waals surface area contributed by atoms with Gasteiger partial charge in [0, 0.05) is 0 Å². The second kappa shape index (κ2) is 5.47. The number of ether oxygens (including phenoxy) is 1. The molecule has 1 saturated heterocycles. The third kappa shape index (κ3) is 3.18. The summed E-state index contributed by atoms with van der Waals surface area (Å²) in [7, 11) is -1.95. The average Bonchev–Trinajstić information content (AvgIpc) is 2.30. The summed E-state index contributed by atoms with van der Waals surface area (Å²) in [6, 6.07) is 0.313. The van der Waals surface area contributed by atoms with Crippen molar-refractivity contribution in [2.24, 2.45) is 16.0 Å². The van der Waals surface area contributed by atoms with Crippen molar-refractivity contribution in [3.8, 4) is 0 Å². The molecular formula is C11H22N2O2S. The van der Waals surface area contributed by atoms with Crippen LogP contribution in [-0.2, 0) is 14.5 Å². The van der Waals surface area contributed by atoms with E-state index in [1.807, 2.05) is 0 Å². The molecule has 0 radical (unpaired) electrons. The molecule has 0 spiro atoms. The Morgan fingerprint density at radius 1 is 1.19 bits per heavy atom. The molecule has 1 aliphatic heterocycles. The van der Waals surface area contributed by atoms with Gasteiger partial charge in [0.05, 0.1) is 40.5 Å². The van der Waals surface area contributed by atoms with E-state index < -0.39 is 9.73 Å². The SMILES string of the molecule is NCC1CCC(N=S2(=O)CCOCC2)CC1. The third-order valence-electron chi connectivity index (χ3n) is 3.58. The molecule has 2 rings (SSSR count). The van der Waals surface area contributed by atoms with Gasteiger partial charge in [-0.25, -0.2) is 8.57 Å². The molecule has 0 aromatic heterocycles. The highest BCUT2D eigenvalue weighted by atomic mass is 32.2. The van der Waals surface area contributed by atoms with Crippen LogP contribution in [0.1, 0.15) is 25.7 Å². The lowest BCUT2D eigenvalue weighted by Gasteiger charge is -2.26. The zero-order valence-corrected chi connectivity index (χ0v) is 10.6. The smallest absolute Gasteiger partial charge is 0.0594 e. The van der Waals surface area contributed by atoms with Gasteiger partial charge in [-0.05, 0) is 38.1 Å². The quantitative estimate of drug-likeness (QED) is 0.790. The fourth-order valence-electron chi connectivity index (χ4n) is 2.45. The van der Waals surface area contributed by atoms with Crippen molar-refractivity contribution in [3.63, 3.8) is 0 Å². The van der Waals surface area contributed by atoms with Crippen LogP contribution in [0.5, 0.6) is 0 Å². The molecule has 0 amide bonds. The normalized spacial score (nSPS) is 34.6. The van der Waals surface area contributed by atoms with Gasteiger partial charge in [-0.1, -0.05) is 0 Å². The van der Waals surface area contributed by atoms with Crippen LogP contribution >= 0.6 is 0 Å². The number of hydrogen-bond acceptors (Lipinski definition) is 4. The number of nitrogens with zero attached hydrogens (tertiary/aromatic N) is 1. The van der Waals surface area contributed by atoms with Crippen LogP contribution in [0.25, 0.3) is 0 Å². The summed E-state index contributed by atoms with van der Waals surface area (Å²) in [5.74, 6) is 1.92. The summed E-state index contributed by atoms with van der Waals surface area (Å²) in [5, 5.41) is 0. The Kier molecular flexibility index (Phi) is 4.21. The van der Waals surface area contributed by atoms with E-state index in [0.717, 1.165) is 32.2 Å². The van der Waals surface area contributed by atoms with Gasteiger partial charge in [0.25, 0.3) is 0 Å². The molecule has 0 aromatic carbocycles. The van der Waals surface area contributed by atoms with Gasteiger partial charge in [0.2, 0.25) is 0 Å². The van der Waals surface area contributed by atoms with Crippen molar-refractivity contribution in [3.05, 3.63) is 0 Å². The lowest BCUT2D eigenvalue weighted by molar-refractivity contribution is 0.158. The molecule has 1 heterocycles. The van der Waals surface area contributed by atoms with Crippen LogP contribution in [-0.4, -0.2) is 41.5 Å². The first kappa shape index (κ1) is 12.3. The highest BCUT2D eigenvalue weighted by molar-refractivity contribution is 7.93. The monoisotopic (exact) mass is 246 g/mol. The Labute approximate surface area is 98.1 Å². The first-order valence-corrected chi connectivity index (χ1v) is 8.06. The van der Waals surface area contributed by atoms with E-state index in [-0.39, 0.29) is 0 Å². The molecule has 1 saturated carbocycles. The summed E-state index contributed by atoms with van der Waals surface area (Å²) in [6.07, 6.45) is 4.44. The molecule has 4 nitrogen and oxygen atoms in total. The molecule has 2 aliphatic rings. The van der Waals surface area contributed by atoms with E-state index in [2.05, 4.69) is 4.36 Å². The maximum Gasteiger partial charge on any atom is 0.0594 e.